The Balaban J connectivity index is 2.36. The van der Waals surface area contributed by atoms with Crippen LogP contribution in [0.15, 0.2) is 12.1 Å². The van der Waals surface area contributed by atoms with E-state index >= 15 is 0 Å². The van der Waals surface area contributed by atoms with Crippen molar-refractivity contribution in [1.82, 2.24) is 4.98 Å². The summed E-state index contributed by atoms with van der Waals surface area (Å²) < 4.78 is 26.6. The molecule has 1 aliphatic carbocycles. The van der Waals surface area contributed by atoms with Gasteiger partial charge in [-0.05, 0) is 37.3 Å². The lowest BCUT2D eigenvalue weighted by Crippen LogP contribution is -2.15. The van der Waals surface area contributed by atoms with Crippen LogP contribution >= 0.6 is 0 Å². The van der Waals surface area contributed by atoms with Gasteiger partial charge in [-0.25, -0.2) is 8.78 Å². The van der Waals surface area contributed by atoms with Gasteiger partial charge >= 0.3 is 0 Å². The third-order valence-corrected chi connectivity index (χ3v) is 3.45. The maximum absolute atomic E-state index is 13.3. The zero-order valence-electron chi connectivity index (χ0n) is 9.76. The predicted molar refractivity (Wildman–Crippen MR) is 66.1 cm³/mol. The molecule has 0 radical (unpaired) electrons. The Morgan fingerprint density at radius 3 is 2.61 bits per heavy atom. The molecule has 3 nitrogen and oxygen atoms in total. The van der Waals surface area contributed by atoms with Crippen LogP contribution in [0.3, 0.4) is 0 Å². The van der Waals surface area contributed by atoms with Crippen LogP contribution in [0.2, 0.25) is 0 Å². The van der Waals surface area contributed by atoms with E-state index in [0.717, 1.165) is 49.1 Å². The van der Waals surface area contributed by atoms with Gasteiger partial charge in [-0.1, -0.05) is 0 Å². The van der Waals surface area contributed by atoms with Gasteiger partial charge in [0, 0.05) is 17.1 Å². The number of hydrogen-bond donors (Lipinski definition) is 2. The number of halogens is 2. The molecule has 1 aromatic heterocycles. The van der Waals surface area contributed by atoms with Crippen molar-refractivity contribution < 1.29 is 8.78 Å². The minimum atomic E-state index is -0.881. The summed E-state index contributed by atoms with van der Waals surface area (Å²) in [6.45, 7) is 0. The summed E-state index contributed by atoms with van der Waals surface area (Å²) in [7, 11) is 0. The second-order valence-electron chi connectivity index (χ2n) is 4.55. The average Bonchev–Trinajstić information content (AvgIpc) is 2.38. The van der Waals surface area contributed by atoms with Crippen LogP contribution in [0.25, 0.3) is 10.9 Å². The van der Waals surface area contributed by atoms with Crippen LogP contribution < -0.4 is 11.3 Å². The Bertz CT molecular complexity index is 625. The van der Waals surface area contributed by atoms with Crippen molar-refractivity contribution in [2.75, 3.05) is 5.43 Å². The van der Waals surface area contributed by atoms with Gasteiger partial charge in [0.1, 0.15) is 0 Å². The minimum absolute atomic E-state index is 0.447. The van der Waals surface area contributed by atoms with Gasteiger partial charge in [0.15, 0.2) is 11.6 Å². The Kier molecular flexibility index (Phi) is 2.63. The Morgan fingerprint density at radius 1 is 1.11 bits per heavy atom. The van der Waals surface area contributed by atoms with E-state index in [0.29, 0.717) is 16.6 Å². The highest BCUT2D eigenvalue weighted by Gasteiger charge is 2.19. The van der Waals surface area contributed by atoms with Gasteiger partial charge in [0.2, 0.25) is 0 Å². The van der Waals surface area contributed by atoms with E-state index in [2.05, 4.69) is 10.4 Å². The maximum atomic E-state index is 13.3. The van der Waals surface area contributed by atoms with Crippen LogP contribution in [0.1, 0.15) is 24.1 Å². The summed E-state index contributed by atoms with van der Waals surface area (Å²) in [4.78, 5) is 4.42. The van der Waals surface area contributed by atoms with Crippen molar-refractivity contribution >= 4 is 16.6 Å². The van der Waals surface area contributed by atoms with Crippen molar-refractivity contribution in [3.05, 3.63) is 35.0 Å². The fourth-order valence-electron chi connectivity index (χ4n) is 2.58. The molecule has 0 amide bonds. The molecule has 0 atom stereocenters. The van der Waals surface area contributed by atoms with Crippen molar-refractivity contribution in [3.8, 4) is 0 Å². The normalized spacial score (nSPS) is 14.6. The van der Waals surface area contributed by atoms with Crippen LogP contribution in [-0.4, -0.2) is 4.98 Å². The van der Waals surface area contributed by atoms with E-state index in [9.17, 15) is 8.78 Å². The predicted octanol–water partition coefficient (Wildman–Crippen LogP) is 2.68. The smallest absolute Gasteiger partial charge is 0.161 e. The highest BCUT2D eigenvalue weighted by atomic mass is 19.2. The number of nitrogen functional groups attached to an aromatic ring is 1. The first kappa shape index (κ1) is 11.3. The number of benzene rings is 1. The molecule has 0 saturated carbocycles. The molecule has 18 heavy (non-hydrogen) atoms. The molecule has 1 aromatic carbocycles. The van der Waals surface area contributed by atoms with Gasteiger partial charge in [-0.3, -0.25) is 10.8 Å². The SMILES string of the molecule is NNc1c2c(nc3cc(F)c(F)cc13)CCCC2. The molecule has 0 spiro atoms. The molecule has 0 bridgehead atoms. The largest absolute Gasteiger partial charge is 0.323 e. The minimum Gasteiger partial charge on any atom is -0.323 e. The molecule has 0 fully saturated rings. The highest BCUT2D eigenvalue weighted by molar-refractivity contribution is 5.93. The number of hydrogen-bond acceptors (Lipinski definition) is 3. The summed E-state index contributed by atoms with van der Waals surface area (Å²) in [5, 5.41) is 0.539. The number of nitrogens with two attached hydrogens (primary N) is 1. The van der Waals surface area contributed by atoms with Crippen LogP contribution in [0, 0.1) is 11.6 Å². The van der Waals surface area contributed by atoms with E-state index in [1.165, 1.54) is 0 Å². The van der Waals surface area contributed by atoms with E-state index in [1.807, 2.05) is 0 Å². The molecule has 1 aliphatic rings. The van der Waals surface area contributed by atoms with E-state index in [1.54, 1.807) is 0 Å². The lowest BCUT2D eigenvalue weighted by molar-refractivity contribution is 0.510. The standard InChI is InChI=1S/C13H13F2N3/c14-9-5-8-12(6-10(9)15)17-11-4-2-1-3-7(11)13(8)18-16/h5-6H,1-4,16H2,(H,17,18). The first-order chi connectivity index (χ1) is 8.70. The molecule has 5 heteroatoms. The summed E-state index contributed by atoms with van der Waals surface area (Å²) in [6, 6.07) is 2.28. The van der Waals surface area contributed by atoms with E-state index < -0.39 is 11.6 Å². The highest BCUT2D eigenvalue weighted by Crippen LogP contribution is 2.33. The molecule has 3 N–H and O–H groups in total. The third kappa shape index (κ3) is 1.62. The van der Waals surface area contributed by atoms with Crippen LogP contribution in [0.5, 0.6) is 0 Å². The summed E-state index contributed by atoms with van der Waals surface area (Å²) in [5.41, 5.74) is 5.70. The lowest BCUT2D eigenvalue weighted by atomic mass is 9.93. The molecule has 3 rings (SSSR count). The Hall–Kier alpha value is -1.75. The number of pyridine rings is 1. The molecule has 0 saturated heterocycles. The monoisotopic (exact) mass is 249 g/mol. The van der Waals surface area contributed by atoms with Gasteiger partial charge < -0.3 is 5.43 Å². The first-order valence-corrected chi connectivity index (χ1v) is 5.98. The number of aromatic nitrogens is 1. The van der Waals surface area contributed by atoms with Crippen molar-refractivity contribution in [1.29, 1.82) is 0 Å². The van der Waals surface area contributed by atoms with Crippen LogP contribution in [0.4, 0.5) is 14.5 Å². The summed E-state index contributed by atoms with van der Waals surface area (Å²) in [5.74, 6) is 3.78. The van der Waals surface area contributed by atoms with Gasteiger partial charge in [-0.15, -0.1) is 0 Å². The second kappa shape index (κ2) is 4.17. The van der Waals surface area contributed by atoms with Gasteiger partial charge in [0.25, 0.3) is 0 Å². The van der Waals surface area contributed by atoms with Crippen molar-refractivity contribution in [2.45, 2.75) is 25.7 Å². The number of nitrogens with zero attached hydrogens (tertiary/aromatic N) is 1. The summed E-state index contributed by atoms with van der Waals surface area (Å²) >= 11 is 0. The number of anilines is 1. The van der Waals surface area contributed by atoms with E-state index in [-0.39, 0.29) is 0 Å². The second-order valence-corrected chi connectivity index (χ2v) is 4.55. The molecule has 1 heterocycles. The van der Waals surface area contributed by atoms with Gasteiger partial charge in [0.05, 0.1) is 11.2 Å². The first-order valence-electron chi connectivity index (χ1n) is 5.98. The number of rotatable bonds is 1. The van der Waals surface area contributed by atoms with E-state index in [4.69, 9.17) is 5.84 Å². The molecular formula is C13H13F2N3. The fraction of sp³-hybridized carbons (Fsp3) is 0.308. The maximum Gasteiger partial charge on any atom is 0.161 e. The number of aryl methyl sites for hydroxylation is 1. The zero-order chi connectivity index (χ0) is 12.7. The molecule has 2 aromatic rings. The Morgan fingerprint density at radius 2 is 1.83 bits per heavy atom. The topological polar surface area (TPSA) is 50.9 Å². The molecule has 0 aliphatic heterocycles. The number of hydrazine groups is 1. The summed E-state index contributed by atoms with van der Waals surface area (Å²) in [6.07, 6.45) is 3.87. The molecule has 0 unspecified atom stereocenters. The number of nitrogens with one attached hydrogen (secondary N) is 1. The average molecular weight is 249 g/mol. The van der Waals surface area contributed by atoms with Crippen LogP contribution in [-0.2, 0) is 12.8 Å². The third-order valence-electron chi connectivity index (χ3n) is 3.45. The van der Waals surface area contributed by atoms with Gasteiger partial charge in [-0.2, -0.15) is 0 Å². The molecule has 94 valence electrons. The molecular weight excluding hydrogens is 236 g/mol. The lowest BCUT2D eigenvalue weighted by Gasteiger charge is -2.20. The van der Waals surface area contributed by atoms with Crippen molar-refractivity contribution in [3.63, 3.8) is 0 Å². The quantitative estimate of drug-likeness (QED) is 0.603. The number of fused-ring (bicyclic) bond motifs is 2. The fourth-order valence-corrected chi connectivity index (χ4v) is 2.58. The zero-order valence-corrected chi connectivity index (χ0v) is 9.76. The van der Waals surface area contributed by atoms with Crippen molar-refractivity contribution in [2.24, 2.45) is 5.84 Å². The Labute approximate surface area is 103 Å².